The first-order valence-electron chi connectivity index (χ1n) is 5.90. The summed E-state index contributed by atoms with van der Waals surface area (Å²) in [5.41, 5.74) is -1.08. The van der Waals surface area contributed by atoms with Crippen molar-refractivity contribution in [3.63, 3.8) is 0 Å². The summed E-state index contributed by atoms with van der Waals surface area (Å²) < 4.78 is 4.52. The molecule has 1 fully saturated rings. The maximum atomic E-state index is 11.4. The second-order valence-electron chi connectivity index (χ2n) is 4.66. The minimum Gasteiger partial charge on any atom is -0.480 e. The Kier molecular flexibility index (Phi) is 3.37. The fraction of sp³-hybridized carbons (Fsp3) is 0.500. The molecule has 1 aromatic rings. The summed E-state index contributed by atoms with van der Waals surface area (Å²) in [7, 11) is 1.23. The number of nitrogens with one attached hydrogen (secondary N) is 1. The quantitative estimate of drug-likeness (QED) is 0.763. The van der Waals surface area contributed by atoms with E-state index in [0.29, 0.717) is 5.82 Å². The van der Waals surface area contributed by atoms with Gasteiger partial charge in [0, 0.05) is 6.20 Å². The van der Waals surface area contributed by atoms with Crippen molar-refractivity contribution in [1.82, 2.24) is 9.97 Å². The molecule has 1 atom stereocenters. The summed E-state index contributed by atoms with van der Waals surface area (Å²) in [4.78, 5) is 30.4. The number of anilines is 1. The molecule has 7 nitrogen and oxygen atoms in total. The van der Waals surface area contributed by atoms with E-state index >= 15 is 0 Å². The van der Waals surface area contributed by atoms with Gasteiger partial charge in [0.25, 0.3) is 0 Å². The number of nitrogens with zero attached hydrogens (tertiary/aromatic N) is 2. The molecule has 1 heterocycles. The van der Waals surface area contributed by atoms with Crippen molar-refractivity contribution < 1.29 is 19.4 Å². The largest absolute Gasteiger partial charge is 0.480 e. The maximum absolute atomic E-state index is 11.4. The van der Waals surface area contributed by atoms with Gasteiger partial charge < -0.3 is 15.2 Å². The second-order valence-corrected chi connectivity index (χ2v) is 4.66. The van der Waals surface area contributed by atoms with Gasteiger partial charge in [-0.1, -0.05) is 0 Å². The zero-order chi connectivity index (χ0) is 14.0. The number of ether oxygens (including phenoxy) is 1. The molecular formula is C12H15N3O4. The Hall–Kier alpha value is -2.18. The lowest BCUT2D eigenvalue weighted by molar-refractivity contribution is -0.142. The van der Waals surface area contributed by atoms with Crippen molar-refractivity contribution in [2.24, 2.45) is 5.92 Å². The minimum absolute atomic E-state index is 0.0709. The van der Waals surface area contributed by atoms with E-state index in [-0.39, 0.29) is 11.7 Å². The van der Waals surface area contributed by atoms with Gasteiger partial charge in [-0.25, -0.2) is 19.6 Å². The average Bonchev–Trinajstić information content (AvgIpc) is 3.22. The Morgan fingerprint density at radius 3 is 2.74 bits per heavy atom. The zero-order valence-electron chi connectivity index (χ0n) is 10.7. The van der Waals surface area contributed by atoms with Crippen LogP contribution in [0.25, 0.3) is 0 Å². The molecule has 0 aliphatic heterocycles. The third-order valence-electron chi connectivity index (χ3n) is 3.25. The second kappa shape index (κ2) is 4.83. The summed E-state index contributed by atoms with van der Waals surface area (Å²) in [5, 5.41) is 12.2. The van der Waals surface area contributed by atoms with Gasteiger partial charge in [-0.3, -0.25) is 0 Å². The summed E-state index contributed by atoms with van der Waals surface area (Å²) in [6.07, 6.45) is 3.12. The Labute approximate surface area is 110 Å². The molecule has 0 saturated heterocycles. The number of carbonyl (C=O) groups is 2. The maximum Gasteiger partial charge on any atom is 0.376 e. The van der Waals surface area contributed by atoms with Gasteiger partial charge in [-0.05, 0) is 31.7 Å². The van der Waals surface area contributed by atoms with Crippen LogP contribution in [0.1, 0.15) is 30.4 Å². The van der Waals surface area contributed by atoms with E-state index in [2.05, 4.69) is 20.0 Å². The topological polar surface area (TPSA) is 101 Å². The number of aliphatic carboxylic acids is 1. The molecular weight excluding hydrogens is 250 g/mol. The highest BCUT2D eigenvalue weighted by atomic mass is 16.5. The number of hydrogen-bond donors (Lipinski definition) is 2. The Morgan fingerprint density at radius 1 is 1.53 bits per heavy atom. The molecule has 0 spiro atoms. The van der Waals surface area contributed by atoms with Crippen molar-refractivity contribution in [1.29, 1.82) is 0 Å². The van der Waals surface area contributed by atoms with E-state index in [1.54, 1.807) is 6.92 Å². The van der Waals surface area contributed by atoms with Crippen molar-refractivity contribution in [2.45, 2.75) is 25.3 Å². The van der Waals surface area contributed by atoms with Gasteiger partial charge >= 0.3 is 11.9 Å². The monoisotopic (exact) mass is 265 g/mol. The molecule has 1 saturated carbocycles. The molecule has 0 bridgehead atoms. The lowest BCUT2D eigenvalue weighted by Crippen LogP contribution is -2.45. The molecule has 1 aliphatic rings. The van der Waals surface area contributed by atoms with E-state index in [0.717, 1.165) is 12.8 Å². The predicted molar refractivity (Wildman–Crippen MR) is 65.8 cm³/mol. The predicted octanol–water partition coefficient (Wildman–Crippen LogP) is 0.928. The molecule has 1 unspecified atom stereocenters. The lowest BCUT2D eigenvalue weighted by atomic mass is 9.96. The first-order chi connectivity index (χ1) is 8.97. The van der Waals surface area contributed by atoms with Crippen molar-refractivity contribution in [2.75, 3.05) is 12.4 Å². The smallest absolute Gasteiger partial charge is 0.376 e. The third kappa shape index (κ3) is 2.64. The van der Waals surface area contributed by atoms with Gasteiger partial charge in [0.2, 0.25) is 5.82 Å². The number of carbonyl (C=O) groups excluding carboxylic acids is 1. The normalized spacial score (nSPS) is 17.4. The zero-order valence-corrected chi connectivity index (χ0v) is 10.7. The van der Waals surface area contributed by atoms with Crippen LogP contribution < -0.4 is 5.32 Å². The van der Waals surface area contributed by atoms with E-state index < -0.39 is 17.5 Å². The summed E-state index contributed by atoms with van der Waals surface area (Å²) in [6.45, 7) is 1.62. The number of aromatic nitrogens is 2. The van der Waals surface area contributed by atoms with E-state index in [9.17, 15) is 14.7 Å². The number of esters is 1. The molecule has 102 valence electrons. The minimum atomic E-state index is -1.08. The van der Waals surface area contributed by atoms with E-state index in [1.807, 2.05) is 0 Å². The van der Waals surface area contributed by atoms with Gasteiger partial charge in [0.15, 0.2) is 0 Å². The molecule has 2 rings (SSSR count). The number of rotatable bonds is 5. The molecule has 0 radical (unpaired) electrons. The molecule has 7 heteroatoms. The highest BCUT2D eigenvalue weighted by Crippen LogP contribution is 2.41. The number of methoxy groups -OCH3 is 1. The molecule has 19 heavy (non-hydrogen) atoms. The van der Waals surface area contributed by atoms with Gasteiger partial charge in [-0.15, -0.1) is 0 Å². The summed E-state index contributed by atoms with van der Waals surface area (Å²) in [5.74, 6) is -1.33. The SMILES string of the molecule is COC(=O)c1nccc(NC(C)(C(=O)O)C2CC2)n1. The average molecular weight is 265 g/mol. The van der Waals surface area contributed by atoms with E-state index in [4.69, 9.17) is 0 Å². The number of hydrogen-bond acceptors (Lipinski definition) is 6. The van der Waals surface area contributed by atoms with Crippen LogP contribution in [-0.4, -0.2) is 39.7 Å². The van der Waals surface area contributed by atoms with Crippen molar-refractivity contribution in [3.05, 3.63) is 18.1 Å². The first-order valence-corrected chi connectivity index (χ1v) is 5.90. The standard InChI is InChI=1S/C12H15N3O4/c1-12(11(17)18,7-3-4-7)15-8-5-6-13-9(14-8)10(16)19-2/h5-7H,3-4H2,1-2H3,(H,17,18)(H,13,14,15). The highest BCUT2D eigenvalue weighted by Gasteiger charge is 2.47. The Morgan fingerprint density at radius 2 is 2.21 bits per heavy atom. The number of carboxylic acid groups (broad SMARTS) is 1. The van der Waals surface area contributed by atoms with Crippen LogP contribution in [0.2, 0.25) is 0 Å². The van der Waals surface area contributed by atoms with Crippen LogP contribution in [0.5, 0.6) is 0 Å². The van der Waals surface area contributed by atoms with Crippen LogP contribution in [0.3, 0.4) is 0 Å². The fourth-order valence-corrected chi connectivity index (χ4v) is 1.87. The molecule has 1 aromatic heterocycles. The molecule has 0 amide bonds. The van der Waals surface area contributed by atoms with Crippen molar-refractivity contribution >= 4 is 17.8 Å². The molecule has 0 aromatic carbocycles. The van der Waals surface area contributed by atoms with Crippen LogP contribution in [-0.2, 0) is 9.53 Å². The van der Waals surface area contributed by atoms with Crippen LogP contribution in [0.4, 0.5) is 5.82 Å². The highest BCUT2D eigenvalue weighted by molar-refractivity contribution is 5.86. The summed E-state index contributed by atoms with van der Waals surface area (Å²) >= 11 is 0. The van der Waals surface area contributed by atoms with Gasteiger partial charge in [-0.2, -0.15) is 0 Å². The lowest BCUT2D eigenvalue weighted by Gasteiger charge is -2.26. The fourth-order valence-electron chi connectivity index (χ4n) is 1.87. The molecule has 1 aliphatic carbocycles. The number of carboxylic acids is 1. The van der Waals surface area contributed by atoms with Gasteiger partial charge in [0.05, 0.1) is 7.11 Å². The first kappa shape index (κ1) is 13.3. The van der Waals surface area contributed by atoms with E-state index in [1.165, 1.54) is 19.4 Å². The van der Waals surface area contributed by atoms with Crippen LogP contribution >= 0.6 is 0 Å². The Bertz CT molecular complexity index is 515. The summed E-state index contributed by atoms with van der Waals surface area (Å²) in [6, 6.07) is 1.52. The molecule has 2 N–H and O–H groups in total. The van der Waals surface area contributed by atoms with Gasteiger partial charge in [0.1, 0.15) is 11.4 Å². The third-order valence-corrected chi connectivity index (χ3v) is 3.25. The Balaban J connectivity index is 2.22. The van der Waals surface area contributed by atoms with Crippen LogP contribution in [0, 0.1) is 5.92 Å². The van der Waals surface area contributed by atoms with Crippen LogP contribution in [0.15, 0.2) is 12.3 Å². The van der Waals surface area contributed by atoms with Crippen molar-refractivity contribution in [3.8, 4) is 0 Å².